The van der Waals surface area contributed by atoms with Crippen molar-refractivity contribution in [3.8, 4) is 0 Å². The van der Waals surface area contributed by atoms with E-state index in [2.05, 4.69) is 19.2 Å². The molecule has 1 aromatic rings. The predicted octanol–water partition coefficient (Wildman–Crippen LogP) is 5.87. The molecular weight excluding hydrogens is 475 g/mol. The number of unbranched alkanes of at least 4 members (excludes halogenated alkanes) is 10. The van der Waals surface area contributed by atoms with Crippen molar-refractivity contribution in [2.24, 2.45) is 0 Å². The van der Waals surface area contributed by atoms with E-state index in [1.807, 2.05) is 35.6 Å². The third-order valence-electron chi connectivity index (χ3n) is 6.27. The molecule has 4 N–H and O–H groups in total. The van der Waals surface area contributed by atoms with Crippen LogP contribution in [0.2, 0.25) is 0 Å². The molecule has 0 fully saturated rings. The van der Waals surface area contributed by atoms with Crippen molar-refractivity contribution in [1.29, 1.82) is 0 Å². The number of nitrogens with two attached hydrogens (primary N) is 1. The summed E-state index contributed by atoms with van der Waals surface area (Å²) in [6.07, 6.45) is 15.0. The zero-order valence-corrected chi connectivity index (χ0v) is 23.7. The lowest BCUT2D eigenvalue weighted by atomic mass is 10.1. The van der Waals surface area contributed by atoms with Gasteiger partial charge in [-0.05, 0) is 12.8 Å². The van der Waals surface area contributed by atoms with E-state index in [4.69, 9.17) is 9.05 Å². The summed E-state index contributed by atoms with van der Waals surface area (Å²) in [5.74, 6) is -0.00530. The van der Waals surface area contributed by atoms with Crippen LogP contribution in [-0.4, -0.2) is 36.6 Å². The summed E-state index contributed by atoms with van der Waals surface area (Å²) in [6.45, 7) is 5.82. The monoisotopic (exact) mass is 527 g/mol. The first kappa shape index (κ1) is 32.8. The highest BCUT2D eigenvalue weighted by Crippen LogP contribution is 2.43. The molecule has 36 heavy (non-hydrogen) atoms. The van der Waals surface area contributed by atoms with E-state index >= 15 is 0 Å². The van der Waals surface area contributed by atoms with Crippen LogP contribution in [0.4, 0.5) is 0 Å². The molecule has 7 nitrogen and oxygen atoms in total. The second-order valence-electron chi connectivity index (χ2n) is 9.70. The number of quaternary nitrogens is 1. The molecule has 0 spiro atoms. The molecule has 1 rings (SSSR count). The van der Waals surface area contributed by atoms with Crippen LogP contribution < -0.4 is 10.6 Å². The fourth-order valence-corrected chi connectivity index (χ4v) is 4.87. The minimum atomic E-state index is -4.16. The van der Waals surface area contributed by atoms with E-state index in [9.17, 15) is 14.3 Å². The number of carbonyl (C=O) groups excluding carboxylic acids is 1. The molecule has 2 unspecified atom stereocenters. The Hall–Kier alpha value is -1.24. The van der Waals surface area contributed by atoms with Crippen LogP contribution in [0, 0.1) is 0 Å². The van der Waals surface area contributed by atoms with Gasteiger partial charge in [-0.1, -0.05) is 115 Å². The van der Waals surface area contributed by atoms with Crippen LogP contribution in [0.25, 0.3) is 0 Å². The Labute approximate surface area is 219 Å². The number of hydrogen-bond acceptors (Lipinski definition) is 4. The van der Waals surface area contributed by atoms with Crippen molar-refractivity contribution in [2.75, 3.05) is 19.8 Å². The van der Waals surface area contributed by atoms with Gasteiger partial charge in [-0.3, -0.25) is 13.8 Å². The SMILES string of the molecule is CCCCCCCCCCC(=O)NC(CCCCCC)COP(=O)(O)OCC[NH2+]Cc1ccccc1. The second-order valence-corrected chi connectivity index (χ2v) is 11.2. The first-order chi connectivity index (χ1) is 17.5. The standard InChI is InChI=1S/C28H51N2O5P/c1-3-5-7-9-10-11-12-17-21-28(31)30-27(20-16-8-6-4-2)25-35-36(32,33)34-23-22-29-24-26-18-14-13-15-19-26/h13-15,18-19,27,29H,3-12,16-17,20-25H2,1-2H3,(H,30,31)(H,32,33)/p+1. The van der Waals surface area contributed by atoms with Crippen molar-refractivity contribution in [3.05, 3.63) is 35.9 Å². The Morgan fingerprint density at radius 3 is 2.19 bits per heavy atom. The normalized spacial score (nSPS) is 13.9. The first-order valence-electron chi connectivity index (χ1n) is 14.2. The second kappa shape index (κ2) is 21.8. The molecule has 208 valence electrons. The van der Waals surface area contributed by atoms with Crippen LogP contribution in [-0.2, 0) is 25.0 Å². The maximum absolute atomic E-state index is 12.5. The molecular formula is C28H52N2O5P+. The number of benzene rings is 1. The number of nitrogens with one attached hydrogen (secondary N) is 1. The first-order valence-corrected chi connectivity index (χ1v) is 15.7. The molecule has 0 heterocycles. The molecule has 0 bridgehead atoms. The van der Waals surface area contributed by atoms with Gasteiger partial charge < -0.3 is 15.5 Å². The Bertz CT molecular complexity index is 704. The maximum atomic E-state index is 12.5. The molecule has 1 aromatic carbocycles. The topological polar surface area (TPSA) is 101 Å². The summed E-state index contributed by atoms with van der Waals surface area (Å²) in [6, 6.07) is 9.76. The van der Waals surface area contributed by atoms with Gasteiger partial charge in [0.1, 0.15) is 19.7 Å². The highest BCUT2D eigenvalue weighted by molar-refractivity contribution is 7.47. The van der Waals surface area contributed by atoms with Crippen molar-refractivity contribution in [1.82, 2.24) is 5.32 Å². The molecule has 8 heteroatoms. The van der Waals surface area contributed by atoms with Crippen LogP contribution in [0.1, 0.15) is 109 Å². The van der Waals surface area contributed by atoms with Gasteiger partial charge in [0.05, 0.1) is 12.6 Å². The zero-order chi connectivity index (χ0) is 26.3. The minimum Gasteiger partial charge on any atom is -0.351 e. The number of hydrogen-bond donors (Lipinski definition) is 3. The molecule has 0 aliphatic heterocycles. The number of phosphoric ester groups is 1. The Morgan fingerprint density at radius 1 is 0.917 bits per heavy atom. The van der Waals surface area contributed by atoms with E-state index in [1.165, 1.54) is 44.1 Å². The van der Waals surface area contributed by atoms with Gasteiger partial charge >= 0.3 is 7.82 Å². The summed E-state index contributed by atoms with van der Waals surface area (Å²) in [4.78, 5) is 22.6. The van der Waals surface area contributed by atoms with Crippen LogP contribution in [0.3, 0.4) is 0 Å². The number of phosphoric acid groups is 1. The molecule has 0 aromatic heterocycles. The summed E-state index contributed by atoms with van der Waals surface area (Å²) in [5, 5.41) is 5.05. The van der Waals surface area contributed by atoms with Gasteiger partial charge in [0.2, 0.25) is 5.91 Å². The maximum Gasteiger partial charge on any atom is 0.472 e. The largest absolute Gasteiger partial charge is 0.472 e. The fraction of sp³-hybridized carbons (Fsp3) is 0.750. The quantitative estimate of drug-likeness (QED) is 0.115. The lowest BCUT2D eigenvalue weighted by Gasteiger charge is -2.20. The molecule has 0 aliphatic carbocycles. The van der Waals surface area contributed by atoms with Gasteiger partial charge in [-0.25, -0.2) is 4.57 Å². The average Bonchev–Trinajstić information content (AvgIpc) is 2.87. The summed E-state index contributed by atoms with van der Waals surface area (Å²) in [5.41, 5.74) is 1.19. The molecule has 0 saturated heterocycles. The van der Waals surface area contributed by atoms with Gasteiger partial charge in [0, 0.05) is 12.0 Å². The van der Waals surface area contributed by atoms with Crippen molar-refractivity contribution >= 4 is 13.7 Å². The highest BCUT2D eigenvalue weighted by atomic mass is 31.2. The fourth-order valence-electron chi connectivity index (χ4n) is 4.09. The molecule has 0 saturated carbocycles. The summed E-state index contributed by atoms with van der Waals surface area (Å²) < 4.78 is 22.7. The van der Waals surface area contributed by atoms with Gasteiger partial charge in [0.25, 0.3) is 0 Å². The van der Waals surface area contributed by atoms with Gasteiger partial charge in [-0.15, -0.1) is 0 Å². The van der Waals surface area contributed by atoms with Gasteiger partial charge in [-0.2, -0.15) is 0 Å². The number of amides is 1. The third kappa shape index (κ3) is 18.9. The van der Waals surface area contributed by atoms with Crippen molar-refractivity contribution < 1.29 is 28.6 Å². The van der Waals surface area contributed by atoms with Crippen molar-refractivity contribution in [2.45, 2.75) is 116 Å². The van der Waals surface area contributed by atoms with Crippen LogP contribution >= 0.6 is 7.82 Å². The van der Waals surface area contributed by atoms with Crippen LogP contribution in [0.15, 0.2) is 30.3 Å². The zero-order valence-electron chi connectivity index (χ0n) is 22.8. The van der Waals surface area contributed by atoms with E-state index in [-0.39, 0.29) is 25.2 Å². The number of rotatable bonds is 24. The van der Waals surface area contributed by atoms with Gasteiger partial charge in [0.15, 0.2) is 0 Å². The lowest BCUT2D eigenvalue weighted by molar-refractivity contribution is -0.671. The minimum absolute atomic E-state index is 0.00530. The highest BCUT2D eigenvalue weighted by Gasteiger charge is 2.24. The Kier molecular flexibility index (Phi) is 19.9. The molecule has 1 amide bonds. The molecule has 2 atom stereocenters. The van der Waals surface area contributed by atoms with E-state index < -0.39 is 7.82 Å². The van der Waals surface area contributed by atoms with Crippen molar-refractivity contribution in [3.63, 3.8) is 0 Å². The number of carbonyl (C=O) groups is 1. The average molecular weight is 528 g/mol. The smallest absolute Gasteiger partial charge is 0.351 e. The molecule has 0 radical (unpaired) electrons. The summed E-state index contributed by atoms with van der Waals surface area (Å²) >= 11 is 0. The van der Waals surface area contributed by atoms with Crippen LogP contribution in [0.5, 0.6) is 0 Å². The lowest BCUT2D eigenvalue weighted by Crippen LogP contribution is -2.83. The van der Waals surface area contributed by atoms with E-state index in [0.29, 0.717) is 13.0 Å². The summed E-state index contributed by atoms with van der Waals surface area (Å²) in [7, 11) is -4.16. The Morgan fingerprint density at radius 2 is 1.53 bits per heavy atom. The molecule has 0 aliphatic rings. The third-order valence-corrected chi connectivity index (χ3v) is 7.25. The Balaban J connectivity index is 2.30. The van der Waals surface area contributed by atoms with E-state index in [0.717, 1.165) is 51.5 Å². The predicted molar refractivity (Wildman–Crippen MR) is 147 cm³/mol. The van der Waals surface area contributed by atoms with E-state index in [1.54, 1.807) is 0 Å².